The van der Waals surface area contributed by atoms with E-state index in [4.69, 9.17) is 4.98 Å². The molecule has 3 aromatic rings. The van der Waals surface area contributed by atoms with Gasteiger partial charge in [-0.05, 0) is 65.8 Å². The molecular weight excluding hydrogens is 426 g/mol. The van der Waals surface area contributed by atoms with Crippen molar-refractivity contribution in [2.24, 2.45) is 10.8 Å². The fourth-order valence-electron chi connectivity index (χ4n) is 6.26. The normalized spacial score (nSPS) is 23.9. The first-order valence-corrected chi connectivity index (χ1v) is 13.0. The average molecular weight is 462 g/mol. The van der Waals surface area contributed by atoms with Gasteiger partial charge in [-0.15, -0.1) is 0 Å². The molecule has 2 bridgehead atoms. The van der Waals surface area contributed by atoms with Crippen molar-refractivity contribution in [2.45, 2.75) is 65.8 Å². The monoisotopic (exact) mass is 461 g/mol. The van der Waals surface area contributed by atoms with Crippen LogP contribution in [0.25, 0.3) is 10.2 Å². The maximum atomic E-state index is 13.7. The number of thiazole rings is 1. The van der Waals surface area contributed by atoms with Crippen LogP contribution >= 0.6 is 11.3 Å². The largest absolute Gasteiger partial charge is 0.338 e. The van der Waals surface area contributed by atoms with Crippen molar-refractivity contribution >= 4 is 38.3 Å². The number of anilines is 2. The van der Waals surface area contributed by atoms with Crippen LogP contribution < -0.4 is 4.90 Å². The molecule has 5 rings (SSSR count). The third-order valence-electron chi connectivity index (χ3n) is 7.41. The number of carbonyl (C=O) groups excluding carboxylic acids is 1. The first-order valence-electron chi connectivity index (χ1n) is 12.2. The van der Waals surface area contributed by atoms with Crippen LogP contribution in [0.2, 0.25) is 0 Å². The molecule has 0 N–H and O–H groups in total. The van der Waals surface area contributed by atoms with Crippen molar-refractivity contribution in [3.8, 4) is 0 Å². The first kappa shape index (κ1) is 22.4. The van der Waals surface area contributed by atoms with Gasteiger partial charge in [0.25, 0.3) is 0 Å². The van der Waals surface area contributed by atoms with Crippen LogP contribution in [-0.4, -0.2) is 34.9 Å². The zero-order chi connectivity index (χ0) is 23.4. The second kappa shape index (κ2) is 8.12. The van der Waals surface area contributed by atoms with E-state index < -0.39 is 0 Å². The fraction of sp³-hybridized carbons (Fsp3) is 0.500. The predicted molar refractivity (Wildman–Crippen MR) is 138 cm³/mol. The van der Waals surface area contributed by atoms with Gasteiger partial charge < -0.3 is 9.80 Å². The van der Waals surface area contributed by atoms with Gasteiger partial charge in [0.05, 0.1) is 10.2 Å². The van der Waals surface area contributed by atoms with Gasteiger partial charge in [-0.3, -0.25) is 4.79 Å². The fourth-order valence-corrected chi connectivity index (χ4v) is 7.25. The highest BCUT2D eigenvalue weighted by molar-refractivity contribution is 7.22. The van der Waals surface area contributed by atoms with Crippen molar-refractivity contribution in [1.29, 1.82) is 0 Å². The lowest BCUT2D eigenvalue weighted by Gasteiger charge is -2.39. The van der Waals surface area contributed by atoms with Crippen molar-refractivity contribution in [3.63, 3.8) is 0 Å². The molecule has 1 saturated carbocycles. The van der Waals surface area contributed by atoms with Gasteiger partial charge in [0.15, 0.2) is 5.13 Å². The molecule has 2 aliphatic rings. The van der Waals surface area contributed by atoms with Gasteiger partial charge in [0.2, 0.25) is 5.91 Å². The summed E-state index contributed by atoms with van der Waals surface area (Å²) in [6, 6.07) is 17.2. The lowest BCUT2D eigenvalue weighted by molar-refractivity contribution is -0.130. The molecule has 174 valence electrons. The summed E-state index contributed by atoms with van der Waals surface area (Å²) in [5, 5.41) is 0.885. The van der Waals surface area contributed by atoms with E-state index in [1.165, 1.54) is 12.0 Å². The van der Waals surface area contributed by atoms with Crippen molar-refractivity contribution < 1.29 is 4.79 Å². The Labute approximate surface area is 201 Å². The van der Waals surface area contributed by atoms with Crippen LogP contribution in [0.1, 0.15) is 65.4 Å². The number of likely N-dealkylation sites (tertiary alicyclic amines) is 1. The number of benzene rings is 2. The molecule has 1 aliphatic carbocycles. The van der Waals surface area contributed by atoms with Gasteiger partial charge in [0, 0.05) is 18.3 Å². The summed E-state index contributed by atoms with van der Waals surface area (Å²) in [5.41, 5.74) is 3.85. The van der Waals surface area contributed by atoms with Gasteiger partial charge >= 0.3 is 0 Å². The second-order valence-corrected chi connectivity index (χ2v) is 12.5. The molecule has 2 atom stereocenters. The lowest BCUT2D eigenvalue weighted by atomic mass is 9.65. The Balaban J connectivity index is 1.46. The molecule has 4 nitrogen and oxygen atoms in total. The Hall–Kier alpha value is -2.40. The number of fused-ring (bicyclic) bond motifs is 3. The van der Waals surface area contributed by atoms with E-state index in [1.54, 1.807) is 11.3 Å². The molecule has 1 aliphatic heterocycles. The van der Waals surface area contributed by atoms with E-state index in [2.05, 4.69) is 74.8 Å². The summed E-state index contributed by atoms with van der Waals surface area (Å²) in [4.78, 5) is 22.9. The Morgan fingerprint density at radius 3 is 2.55 bits per heavy atom. The number of hydrogen-bond acceptors (Lipinski definition) is 4. The van der Waals surface area contributed by atoms with E-state index in [0.717, 1.165) is 40.4 Å². The van der Waals surface area contributed by atoms with Crippen molar-refractivity contribution in [2.75, 3.05) is 18.0 Å². The maximum Gasteiger partial charge on any atom is 0.242 e. The molecule has 0 radical (unpaired) electrons. The molecule has 33 heavy (non-hydrogen) atoms. The Morgan fingerprint density at radius 2 is 1.85 bits per heavy atom. The average Bonchev–Trinajstić information content (AvgIpc) is 3.29. The molecule has 2 aromatic carbocycles. The Morgan fingerprint density at radius 1 is 1.12 bits per heavy atom. The summed E-state index contributed by atoms with van der Waals surface area (Å²) >= 11 is 1.66. The predicted octanol–water partition coefficient (Wildman–Crippen LogP) is 6.99. The minimum atomic E-state index is 0.216. The molecule has 2 fully saturated rings. The van der Waals surface area contributed by atoms with Crippen molar-refractivity contribution in [3.05, 3.63) is 54.1 Å². The highest BCUT2D eigenvalue weighted by Gasteiger charge is 2.51. The van der Waals surface area contributed by atoms with Crippen LogP contribution in [0.3, 0.4) is 0 Å². The topological polar surface area (TPSA) is 36.4 Å². The van der Waals surface area contributed by atoms with Crippen LogP contribution in [0.5, 0.6) is 0 Å². The maximum absolute atomic E-state index is 13.7. The van der Waals surface area contributed by atoms with Gasteiger partial charge in [-0.1, -0.05) is 70.2 Å². The van der Waals surface area contributed by atoms with E-state index in [1.807, 2.05) is 18.2 Å². The van der Waals surface area contributed by atoms with Gasteiger partial charge in [0.1, 0.15) is 6.54 Å². The molecule has 1 aromatic heterocycles. The number of amides is 1. The minimum absolute atomic E-state index is 0.216. The molecule has 2 unspecified atom stereocenters. The summed E-state index contributed by atoms with van der Waals surface area (Å²) < 4.78 is 1.15. The van der Waals surface area contributed by atoms with E-state index in [-0.39, 0.29) is 11.3 Å². The molecule has 5 heteroatoms. The van der Waals surface area contributed by atoms with Crippen LogP contribution in [0, 0.1) is 10.8 Å². The smallest absolute Gasteiger partial charge is 0.242 e. The van der Waals surface area contributed by atoms with Crippen LogP contribution in [0.15, 0.2) is 48.5 Å². The Kier molecular flexibility index (Phi) is 5.51. The number of nitrogens with zero attached hydrogens (tertiary/aromatic N) is 3. The van der Waals surface area contributed by atoms with Crippen LogP contribution in [0.4, 0.5) is 10.8 Å². The lowest BCUT2D eigenvalue weighted by Crippen LogP contribution is -2.42. The SMILES string of the molecule is CC(C)c1ccc(N(CC(=O)N2CC3(C)CC2CC(C)(C)C3)c2nc3ccccc3s2)cc1. The standard InChI is InChI=1S/C28H35N3OS/c1-19(2)20-10-12-21(13-11-20)30(26-29-23-8-6-7-9-24(23)33-26)16-25(32)31-18-28(5)15-22(31)14-27(3,4)17-28/h6-13,19,22H,14-18H2,1-5H3. The molecule has 0 spiro atoms. The third-order valence-corrected chi connectivity index (χ3v) is 8.47. The summed E-state index contributed by atoms with van der Waals surface area (Å²) in [6.07, 6.45) is 3.42. The summed E-state index contributed by atoms with van der Waals surface area (Å²) in [6.45, 7) is 12.7. The molecule has 1 amide bonds. The highest BCUT2D eigenvalue weighted by atomic mass is 32.1. The van der Waals surface area contributed by atoms with Crippen molar-refractivity contribution in [1.82, 2.24) is 9.88 Å². The third kappa shape index (κ3) is 4.40. The second-order valence-electron chi connectivity index (χ2n) is 11.5. The van der Waals surface area contributed by atoms with Crippen LogP contribution in [-0.2, 0) is 4.79 Å². The van der Waals surface area contributed by atoms with Gasteiger partial charge in [-0.25, -0.2) is 4.98 Å². The zero-order valence-corrected chi connectivity index (χ0v) is 21.3. The molecule has 1 saturated heterocycles. The summed E-state index contributed by atoms with van der Waals surface area (Å²) in [7, 11) is 0. The number of rotatable bonds is 5. The molecular formula is C28H35N3OS. The number of para-hydroxylation sites is 1. The number of aromatic nitrogens is 1. The zero-order valence-electron chi connectivity index (χ0n) is 20.5. The number of carbonyl (C=O) groups is 1. The minimum Gasteiger partial charge on any atom is -0.338 e. The Bertz CT molecular complexity index is 1130. The van der Waals surface area contributed by atoms with E-state index in [9.17, 15) is 4.79 Å². The first-order chi connectivity index (χ1) is 15.6. The van der Waals surface area contributed by atoms with E-state index >= 15 is 0 Å². The highest BCUT2D eigenvalue weighted by Crippen LogP contribution is 2.52. The molecule has 2 heterocycles. The quantitative estimate of drug-likeness (QED) is 0.411. The summed E-state index contributed by atoms with van der Waals surface area (Å²) in [5.74, 6) is 0.693. The van der Waals surface area contributed by atoms with E-state index in [0.29, 0.717) is 23.9 Å². The van der Waals surface area contributed by atoms with Gasteiger partial charge in [-0.2, -0.15) is 0 Å². The number of hydrogen-bond donors (Lipinski definition) is 0.